The minimum absolute atomic E-state index is 0.0238. The molecule has 0 fully saturated rings. The summed E-state index contributed by atoms with van der Waals surface area (Å²) in [7, 11) is -3.03. The first kappa shape index (κ1) is 20.4. The average molecular weight is 372 g/mol. The van der Waals surface area contributed by atoms with Crippen LogP contribution in [0.4, 0.5) is 4.11 Å². The van der Waals surface area contributed by atoms with Crippen LogP contribution in [0.3, 0.4) is 0 Å². The molecule has 0 atom stereocenters. The van der Waals surface area contributed by atoms with E-state index in [1.807, 2.05) is 82.3 Å². The largest absolute Gasteiger partial charge is 0.352 e. The van der Waals surface area contributed by atoms with Crippen LogP contribution in [0.1, 0.15) is 45.2 Å². The van der Waals surface area contributed by atoms with E-state index < -0.39 is 8.41 Å². The molecule has 2 nitrogen and oxygen atoms in total. The highest BCUT2D eigenvalue weighted by molar-refractivity contribution is 6.88. The Bertz CT molecular complexity index is 707. The number of carbonyl (C=O) groups is 1. The number of carbonyl (C=O) groups excluding carboxylic acids is 1. The summed E-state index contributed by atoms with van der Waals surface area (Å²) in [5, 5.41) is 3.80. The topological polar surface area (TPSA) is 29.1 Å². The van der Waals surface area contributed by atoms with Gasteiger partial charge in [-0.3, -0.25) is 4.79 Å². The molecule has 0 bridgehead atoms. The summed E-state index contributed by atoms with van der Waals surface area (Å²) < 4.78 is 15.7. The number of benzene rings is 2. The third-order valence-electron chi connectivity index (χ3n) is 5.02. The summed E-state index contributed by atoms with van der Waals surface area (Å²) in [6, 6.07) is 17.7. The van der Waals surface area contributed by atoms with Crippen LogP contribution in [0, 0.1) is 0 Å². The zero-order chi connectivity index (χ0) is 19.2. The van der Waals surface area contributed by atoms with Crippen molar-refractivity contribution in [2.24, 2.45) is 0 Å². The van der Waals surface area contributed by atoms with Gasteiger partial charge >= 0.3 is 0 Å². The van der Waals surface area contributed by atoms with Crippen LogP contribution in [0.2, 0.25) is 11.1 Å². The number of amides is 1. The van der Waals surface area contributed by atoms with Crippen LogP contribution in [0.25, 0.3) is 0 Å². The maximum absolute atomic E-state index is 15.7. The molecule has 0 radical (unpaired) electrons. The lowest BCUT2D eigenvalue weighted by atomic mass is 10.1. The van der Waals surface area contributed by atoms with Gasteiger partial charge in [-0.2, -0.15) is 0 Å². The second-order valence-electron chi connectivity index (χ2n) is 7.54. The smallest absolute Gasteiger partial charge is 0.282 e. The monoisotopic (exact) mass is 371 g/mol. The highest BCUT2D eigenvalue weighted by Crippen LogP contribution is 2.33. The van der Waals surface area contributed by atoms with Crippen LogP contribution in [-0.4, -0.2) is 14.3 Å². The van der Waals surface area contributed by atoms with Gasteiger partial charge in [0, 0.05) is 13.0 Å². The van der Waals surface area contributed by atoms with Gasteiger partial charge in [0.25, 0.3) is 8.41 Å². The van der Waals surface area contributed by atoms with E-state index in [0.29, 0.717) is 19.4 Å². The zero-order valence-electron chi connectivity index (χ0n) is 16.3. The first-order valence-corrected chi connectivity index (χ1v) is 11.5. The molecule has 2 rings (SSSR count). The molecule has 1 N–H and O–H groups in total. The van der Waals surface area contributed by atoms with Gasteiger partial charge < -0.3 is 9.42 Å². The van der Waals surface area contributed by atoms with Gasteiger partial charge in [0.05, 0.1) is 0 Å². The summed E-state index contributed by atoms with van der Waals surface area (Å²) in [6.45, 7) is 8.47. The Labute approximate surface area is 158 Å². The molecule has 140 valence electrons. The molecule has 0 aliphatic carbocycles. The Hall–Kier alpha value is -1.94. The summed E-state index contributed by atoms with van der Waals surface area (Å²) in [5.74, 6) is 0.0238. The minimum atomic E-state index is -3.03. The van der Waals surface area contributed by atoms with Crippen molar-refractivity contribution in [3.8, 4) is 0 Å². The molecule has 26 heavy (non-hydrogen) atoms. The van der Waals surface area contributed by atoms with Crippen LogP contribution >= 0.6 is 0 Å². The second-order valence-corrected chi connectivity index (χ2v) is 12.0. The number of nitrogens with one attached hydrogen (secondary N) is 1. The molecule has 0 saturated carbocycles. The molecule has 4 heteroatoms. The molecule has 0 aliphatic rings. The number of hydrogen-bond acceptors (Lipinski definition) is 1. The van der Waals surface area contributed by atoms with Gasteiger partial charge in [-0.15, -0.1) is 0 Å². The summed E-state index contributed by atoms with van der Waals surface area (Å²) in [5.41, 5.74) is 2.19. The molecule has 1 amide bonds. The molecule has 0 unspecified atom stereocenters. The summed E-state index contributed by atoms with van der Waals surface area (Å²) in [6.07, 6.45) is 1.05. The van der Waals surface area contributed by atoms with E-state index in [4.69, 9.17) is 0 Å². The number of hydrogen-bond donors (Lipinski definition) is 1. The SMILES string of the molecule is CC(C)[Si](F)(c1cccc(CCC(=O)NCc2ccccc2)c1)C(C)C. The lowest BCUT2D eigenvalue weighted by Gasteiger charge is -2.31. The van der Waals surface area contributed by atoms with E-state index in [0.717, 1.165) is 16.3 Å². The van der Waals surface area contributed by atoms with E-state index in [1.165, 1.54) is 0 Å². The lowest BCUT2D eigenvalue weighted by molar-refractivity contribution is -0.121. The van der Waals surface area contributed by atoms with Gasteiger partial charge in [-0.1, -0.05) is 82.3 Å². The van der Waals surface area contributed by atoms with Crippen LogP contribution in [0.15, 0.2) is 54.6 Å². The lowest BCUT2D eigenvalue weighted by Crippen LogP contribution is -2.49. The maximum Gasteiger partial charge on any atom is 0.282 e. The van der Waals surface area contributed by atoms with E-state index in [2.05, 4.69) is 5.32 Å². The van der Waals surface area contributed by atoms with Crippen molar-refractivity contribution >= 4 is 19.5 Å². The minimum Gasteiger partial charge on any atom is -0.352 e. The van der Waals surface area contributed by atoms with Crippen molar-refractivity contribution in [1.82, 2.24) is 5.32 Å². The first-order valence-electron chi connectivity index (χ1n) is 9.43. The van der Waals surface area contributed by atoms with Crippen molar-refractivity contribution in [3.63, 3.8) is 0 Å². The van der Waals surface area contributed by atoms with E-state index in [1.54, 1.807) is 0 Å². The van der Waals surface area contributed by atoms with Gasteiger partial charge in [0.15, 0.2) is 0 Å². The normalized spacial score (nSPS) is 11.8. The van der Waals surface area contributed by atoms with Crippen LogP contribution < -0.4 is 10.5 Å². The first-order chi connectivity index (χ1) is 12.3. The zero-order valence-corrected chi connectivity index (χ0v) is 17.3. The van der Waals surface area contributed by atoms with E-state index in [-0.39, 0.29) is 17.0 Å². The summed E-state index contributed by atoms with van der Waals surface area (Å²) >= 11 is 0. The fraction of sp³-hybridized carbons (Fsp3) is 0.409. The van der Waals surface area contributed by atoms with Gasteiger partial charge in [-0.25, -0.2) is 0 Å². The van der Waals surface area contributed by atoms with E-state index >= 15 is 4.11 Å². The molecule has 0 heterocycles. The molecule has 2 aromatic carbocycles. The molecule has 2 aromatic rings. The number of halogens is 1. The molecular formula is C22H30FNOSi. The Morgan fingerprint density at radius 1 is 0.962 bits per heavy atom. The fourth-order valence-corrected chi connectivity index (χ4v) is 6.87. The Kier molecular flexibility index (Phi) is 7.15. The standard InChI is InChI=1S/C22H30FNOSi/c1-17(2)26(23,18(3)4)21-12-8-11-19(15-21)13-14-22(25)24-16-20-9-6-5-7-10-20/h5-12,15,17-18H,13-14,16H2,1-4H3,(H,24,25). The van der Waals surface area contributed by atoms with Crippen LogP contribution in [0.5, 0.6) is 0 Å². The van der Waals surface area contributed by atoms with Gasteiger partial charge in [0.2, 0.25) is 5.91 Å². The van der Waals surface area contributed by atoms with Crippen molar-refractivity contribution in [2.75, 3.05) is 0 Å². The summed E-state index contributed by atoms with van der Waals surface area (Å²) in [4.78, 5) is 12.1. The maximum atomic E-state index is 15.7. The highest BCUT2D eigenvalue weighted by Gasteiger charge is 2.43. The third-order valence-corrected chi connectivity index (χ3v) is 9.58. The second kappa shape index (κ2) is 9.13. The van der Waals surface area contributed by atoms with Gasteiger partial charge in [-0.05, 0) is 33.8 Å². The van der Waals surface area contributed by atoms with Crippen LogP contribution in [-0.2, 0) is 17.8 Å². The Morgan fingerprint density at radius 2 is 1.58 bits per heavy atom. The molecule has 0 saturated heterocycles. The van der Waals surface area contributed by atoms with Crippen molar-refractivity contribution in [3.05, 3.63) is 65.7 Å². The number of aryl methyl sites for hydroxylation is 1. The highest BCUT2D eigenvalue weighted by atomic mass is 28.4. The van der Waals surface area contributed by atoms with Gasteiger partial charge in [0.1, 0.15) is 0 Å². The quantitative estimate of drug-likeness (QED) is 0.520. The van der Waals surface area contributed by atoms with E-state index in [9.17, 15) is 4.79 Å². The van der Waals surface area contributed by atoms with Crippen molar-refractivity contribution < 1.29 is 8.90 Å². The fourth-order valence-electron chi connectivity index (χ4n) is 3.44. The molecular weight excluding hydrogens is 341 g/mol. The average Bonchev–Trinajstić information content (AvgIpc) is 2.64. The van der Waals surface area contributed by atoms with Crippen molar-refractivity contribution in [1.29, 1.82) is 0 Å². The molecule has 0 aliphatic heterocycles. The molecule has 0 spiro atoms. The Morgan fingerprint density at radius 3 is 2.19 bits per heavy atom. The predicted octanol–water partition coefficient (Wildman–Crippen LogP) is 4.88. The number of rotatable bonds is 8. The third kappa shape index (κ3) is 5.04. The predicted molar refractivity (Wildman–Crippen MR) is 110 cm³/mol. The van der Waals surface area contributed by atoms with Crippen molar-refractivity contribution in [2.45, 2.75) is 58.2 Å². The Balaban J connectivity index is 1.97. The molecule has 0 aromatic heterocycles.